The van der Waals surface area contributed by atoms with Crippen molar-refractivity contribution in [2.75, 3.05) is 12.4 Å². The van der Waals surface area contributed by atoms with Crippen LogP contribution in [-0.4, -0.2) is 25.1 Å². The van der Waals surface area contributed by atoms with Crippen LogP contribution >= 0.6 is 0 Å². The van der Waals surface area contributed by atoms with Gasteiger partial charge in [-0.1, -0.05) is 6.07 Å². The molecule has 1 amide bonds. The number of alkyl halides is 3. The molecule has 0 aromatic heterocycles. The van der Waals surface area contributed by atoms with Gasteiger partial charge in [-0.25, -0.2) is 9.18 Å². The lowest BCUT2D eigenvalue weighted by Gasteiger charge is -2.15. The van der Waals surface area contributed by atoms with Gasteiger partial charge in [0.15, 0.2) is 6.10 Å². The smallest absolute Gasteiger partial charge is 0.416 e. The van der Waals surface area contributed by atoms with Gasteiger partial charge in [0.1, 0.15) is 11.6 Å². The number of rotatable bonds is 5. The Hall–Kier alpha value is -3.10. The van der Waals surface area contributed by atoms with E-state index in [1.807, 2.05) is 0 Å². The summed E-state index contributed by atoms with van der Waals surface area (Å²) >= 11 is 0. The zero-order valence-electron chi connectivity index (χ0n) is 14.3. The van der Waals surface area contributed by atoms with Gasteiger partial charge in [-0.15, -0.1) is 0 Å². The number of carbonyl (C=O) groups is 2. The highest BCUT2D eigenvalue weighted by atomic mass is 19.4. The van der Waals surface area contributed by atoms with Gasteiger partial charge in [0, 0.05) is 11.8 Å². The van der Waals surface area contributed by atoms with Crippen LogP contribution in [0.2, 0.25) is 0 Å². The molecule has 27 heavy (non-hydrogen) atoms. The van der Waals surface area contributed by atoms with Crippen LogP contribution in [0.1, 0.15) is 22.8 Å². The van der Waals surface area contributed by atoms with E-state index in [-0.39, 0.29) is 11.4 Å². The van der Waals surface area contributed by atoms with Crippen LogP contribution in [0, 0.1) is 5.82 Å². The highest BCUT2D eigenvalue weighted by Crippen LogP contribution is 2.30. The summed E-state index contributed by atoms with van der Waals surface area (Å²) in [6, 6.07) is 7.43. The standard InChI is InChI=1S/C18H15F4NO4/c1-10(27-17(25)14-7-6-13(26-2)9-15(14)19)16(24)23-12-5-3-4-11(8-12)18(20,21)22/h3-10H,1-2H3,(H,23,24)/t10-/m1/s1. The zero-order valence-corrected chi connectivity index (χ0v) is 14.3. The molecule has 2 rings (SSSR count). The van der Waals surface area contributed by atoms with Crippen molar-refractivity contribution in [1.29, 1.82) is 0 Å². The van der Waals surface area contributed by atoms with Crippen molar-refractivity contribution in [3.05, 3.63) is 59.4 Å². The van der Waals surface area contributed by atoms with Crippen molar-refractivity contribution in [3.8, 4) is 5.75 Å². The Morgan fingerprint density at radius 3 is 2.41 bits per heavy atom. The molecular formula is C18H15F4NO4. The van der Waals surface area contributed by atoms with E-state index in [2.05, 4.69) is 5.32 Å². The maximum absolute atomic E-state index is 13.9. The van der Waals surface area contributed by atoms with Crippen LogP contribution in [-0.2, 0) is 15.7 Å². The number of hydrogen-bond acceptors (Lipinski definition) is 4. The first kappa shape index (κ1) is 20.2. The van der Waals surface area contributed by atoms with Crippen LogP contribution < -0.4 is 10.1 Å². The normalized spacial score (nSPS) is 12.2. The molecule has 0 aliphatic rings. The molecule has 2 aromatic rings. The number of methoxy groups -OCH3 is 1. The minimum atomic E-state index is -4.56. The fourth-order valence-corrected chi connectivity index (χ4v) is 2.08. The lowest BCUT2D eigenvalue weighted by atomic mass is 10.2. The Morgan fingerprint density at radius 1 is 1.11 bits per heavy atom. The van der Waals surface area contributed by atoms with Gasteiger partial charge in [-0.05, 0) is 37.3 Å². The number of ether oxygens (including phenoxy) is 2. The van der Waals surface area contributed by atoms with E-state index in [9.17, 15) is 27.2 Å². The second kappa shape index (κ2) is 8.07. The number of hydrogen-bond donors (Lipinski definition) is 1. The Balaban J connectivity index is 2.04. The number of carbonyl (C=O) groups excluding carboxylic acids is 2. The van der Waals surface area contributed by atoms with E-state index in [1.54, 1.807) is 0 Å². The number of benzene rings is 2. The summed E-state index contributed by atoms with van der Waals surface area (Å²) in [5, 5.41) is 2.21. The van der Waals surface area contributed by atoms with Gasteiger partial charge < -0.3 is 14.8 Å². The number of amides is 1. The summed E-state index contributed by atoms with van der Waals surface area (Å²) < 4.78 is 61.6. The summed E-state index contributed by atoms with van der Waals surface area (Å²) in [6.07, 6.45) is -5.93. The summed E-state index contributed by atoms with van der Waals surface area (Å²) in [5.74, 6) is -2.66. The predicted molar refractivity (Wildman–Crippen MR) is 87.9 cm³/mol. The van der Waals surface area contributed by atoms with Crippen molar-refractivity contribution in [2.24, 2.45) is 0 Å². The van der Waals surface area contributed by atoms with Gasteiger partial charge >= 0.3 is 12.1 Å². The quantitative estimate of drug-likeness (QED) is 0.623. The van der Waals surface area contributed by atoms with Crippen LogP contribution in [0.25, 0.3) is 0 Å². The fraction of sp³-hybridized carbons (Fsp3) is 0.222. The van der Waals surface area contributed by atoms with E-state index >= 15 is 0 Å². The van der Waals surface area contributed by atoms with Crippen LogP contribution in [0.15, 0.2) is 42.5 Å². The molecule has 9 heteroatoms. The van der Waals surface area contributed by atoms with E-state index in [0.717, 1.165) is 30.3 Å². The Kier molecular flexibility index (Phi) is 6.04. The molecular weight excluding hydrogens is 370 g/mol. The second-order valence-electron chi connectivity index (χ2n) is 5.46. The third-order valence-electron chi connectivity index (χ3n) is 3.51. The highest BCUT2D eigenvalue weighted by molar-refractivity contribution is 5.97. The van der Waals surface area contributed by atoms with Gasteiger partial charge in [-0.2, -0.15) is 13.2 Å². The topological polar surface area (TPSA) is 64.6 Å². The summed E-state index contributed by atoms with van der Waals surface area (Å²) in [6.45, 7) is 1.21. The molecule has 144 valence electrons. The number of halogens is 4. The third-order valence-corrected chi connectivity index (χ3v) is 3.51. The first-order valence-electron chi connectivity index (χ1n) is 7.64. The average molecular weight is 385 g/mol. The molecule has 5 nitrogen and oxygen atoms in total. The molecule has 1 N–H and O–H groups in total. The zero-order chi connectivity index (χ0) is 20.2. The molecule has 0 heterocycles. The molecule has 0 aliphatic heterocycles. The molecule has 0 aliphatic carbocycles. The molecule has 0 bridgehead atoms. The molecule has 0 fully saturated rings. The van der Waals surface area contributed by atoms with Gasteiger partial charge in [0.05, 0.1) is 18.2 Å². The predicted octanol–water partition coefficient (Wildman–Crippen LogP) is 4.04. The van der Waals surface area contributed by atoms with Crippen molar-refractivity contribution in [3.63, 3.8) is 0 Å². The molecule has 2 aromatic carbocycles. The summed E-state index contributed by atoms with van der Waals surface area (Å²) in [7, 11) is 1.33. The molecule has 1 atom stereocenters. The maximum atomic E-state index is 13.9. The Bertz CT molecular complexity index is 851. The van der Waals surface area contributed by atoms with Crippen LogP contribution in [0.4, 0.5) is 23.2 Å². The van der Waals surface area contributed by atoms with Crippen molar-refractivity contribution in [1.82, 2.24) is 0 Å². The molecule has 0 saturated carbocycles. The lowest BCUT2D eigenvalue weighted by Crippen LogP contribution is -2.30. The Morgan fingerprint density at radius 2 is 1.81 bits per heavy atom. The lowest BCUT2D eigenvalue weighted by molar-refractivity contribution is -0.137. The monoisotopic (exact) mass is 385 g/mol. The third kappa shape index (κ3) is 5.19. The molecule has 0 radical (unpaired) electrons. The van der Waals surface area contributed by atoms with E-state index in [4.69, 9.17) is 9.47 Å². The van der Waals surface area contributed by atoms with E-state index in [1.165, 1.54) is 26.2 Å². The van der Waals surface area contributed by atoms with Gasteiger partial charge in [0.2, 0.25) is 0 Å². The number of esters is 1. The number of nitrogens with one attached hydrogen (secondary N) is 1. The minimum Gasteiger partial charge on any atom is -0.497 e. The van der Waals surface area contributed by atoms with E-state index in [0.29, 0.717) is 0 Å². The number of anilines is 1. The maximum Gasteiger partial charge on any atom is 0.416 e. The molecule has 0 spiro atoms. The van der Waals surface area contributed by atoms with Gasteiger partial charge in [0.25, 0.3) is 5.91 Å². The first-order valence-corrected chi connectivity index (χ1v) is 7.64. The van der Waals surface area contributed by atoms with Crippen molar-refractivity contribution < 1.29 is 36.6 Å². The van der Waals surface area contributed by atoms with Crippen molar-refractivity contribution >= 4 is 17.6 Å². The van der Waals surface area contributed by atoms with Gasteiger partial charge in [-0.3, -0.25) is 4.79 Å². The first-order chi connectivity index (χ1) is 12.6. The molecule has 0 saturated heterocycles. The summed E-state index contributed by atoms with van der Waals surface area (Å²) in [5.41, 5.74) is -1.46. The Labute approximate surface area is 151 Å². The van der Waals surface area contributed by atoms with Crippen molar-refractivity contribution in [2.45, 2.75) is 19.2 Å². The highest BCUT2D eigenvalue weighted by Gasteiger charge is 2.30. The average Bonchev–Trinajstić information content (AvgIpc) is 2.60. The van der Waals surface area contributed by atoms with Crippen LogP contribution in [0.5, 0.6) is 5.75 Å². The molecule has 0 unspecified atom stereocenters. The summed E-state index contributed by atoms with van der Waals surface area (Å²) in [4.78, 5) is 24.0. The fourth-order valence-electron chi connectivity index (χ4n) is 2.08. The second-order valence-corrected chi connectivity index (χ2v) is 5.46. The minimum absolute atomic E-state index is 0.117. The largest absolute Gasteiger partial charge is 0.497 e. The van der Waals surface area contributed by atoms with E-state index < -0.39 is 41.1 Å². The SMILES string of the molecule is COc1ccc(C(=O)O[C@H](C)C(=O)Nc2cccc(C(F)(F)F)c2)c(F)c1. The van der Waals surface area contributed by atoms with Crippen LogP contribution in [0.3, 0.4) is 0 Å².